The molecule has 2 aromatic heterocycles. The van der Waals surface area contributed by atoms with Crippen molar-refractivity contribution < 1.29 is 9.90 Å². The number of carbonyl (C=O) groups excluding carboxylic acids is 1. The first kappa shape index (κ1) is 20.6. The third-order valence-corrected chi connectivity index (χ3v) is 5.41. The molecular formula is C21H25N7O3. The van der Waals surface area contributed by atoms with Gasteiger partial charge in [0.2, 0.25) is 11.7 Å². The highest BCUT2D eigenvalue weighted by Gasteiger charge is 2.29. The Morgan fingerprint density at radius 2 is 2.03 bits per heavy atom. The highest BCUT2D eigenvalue weighted by Crippen LogP contribution is 2.23. The minimum atomic E-state index is -0.636. The zero-order valence-corrected chi connectivity index (χ0v) is 18.0. The lowest BCUT2D eigenvalue weighted by molar-refractivity contribution is 0.0942. The second-order valence-electron chi connectivity index (χ2n) is 7.89. The van der Waals surface area contributed by atoms with E-state index < -0.39 is 17.2 Å². The van der Waals surface area contributed by atoms with Crippen LogP contribution in [0.3, 0.4) is 0 Å². The summed E-state index contributed by atoms with van der Waals surface area (Å²) in [7, 11) is 0. The number of aryl methyl sites for hydroxylation is 2. The first-order valence-corrected chi connectivity index (χ1v) is 10.1. The standard InChI is InChI=1S/C21H25N7O3/c1-12(2)26-7-8-27-20(31)18(29)17(25-21(26)27)19(30)22-10-15-6-5-13(3)9-16(15)28-14(4)23-11-24-28/h5-6,9,11-12,29H,7-8,10H2,1-4H3,(H,22,30). The summed E-state index contributed by atoms with van der Waals surface area (Å²) in [5, 5.41) is 17.4. The Morgan fingerprint density at radius 3 is 2.71 bits per heavy atom. The molecule has 0 spiro atoms. The number of aromatic nitrogens is 5. The third-order valence-electron chi connectivity index (χ3n) is 5.41. The molecule has 0 radical (unpaired) electrons. The van der Waals surface area contributed by atoms with Crippen molar-refractivity contribution in [2.75, 3.05) is 11.4 Å². The molecule has 0 fully saturated rings. The fourth-order valence-electron chi connectivity index (χ4n) is 3.72. The topological polar surface area (TPSA) is 118 Å². The van der Waals surface area contributed by atoms with Crippen LogP contribution in [0.25, 0.3) is 5.69 Å². The van der Waals surface area contributed by atoms with E-state index in [1.165, 1.54) is 10.9 Å². The minimum absolute atomic E-state index is 0.113. The van der Waals surface area contributed by atoms with Gasteiger partial charge in [0.15, 0.2) is 5.69 Å². The largest absolute Gasteiger partial charge is 0.501 e. The predicted octanol–water partition coefficient (Wildman–Crippen LogP) is 1.30. The van der Waals surface area contributed by atoms with E-state index in [0.717, 1.165) is 22.6 Å². The van der Waals surface area contributed by atoms with Gasteiger partial charge >= 0.3 is 0 Å². The van der Waals surface area contributed by atoms with Gasteiger partial charge in [-0.3, -0.25) is 14.2 Å². The van der Waals surface area contributed by atoms with Gasteiger partial charge in [-0.2, -0.15) is 5.10 Å². The predicted molar refractivity (Wildman–Crippen MR) is 115 cm³/mol. The van der Waals surface area contributed by atoms with Gasteiger partial charge < -0.3 is 15.3 Å². The van der Waals surface area contributed by atoms with Gasteiger partial charge in [0, 0.05) is 25.7 Å². The SMILES string of the molecule is Cc1ccc(CNC(=O)c2nc3n(c(=O)c2O)CCN3C(C)C)c(-n2ncnc2C)c1. The van der Waals surface area contributed by atoms with Crippen LogP contribution in [0.15, 0.2) is 29.3 Å². The van der Waals surface area contributed by atoms with E-state index in [9.17, 15) is 14.7 Å². The van der Waals surface area contributed by atoms with Gasteiger partial charge in [-0.1, -0.05) is 12.1 Å². The molecule has 0 aliphatic carbocycles. The lowest BCUT2D eigenvalue weighted by atomic mass is 10.1. The highest BCUT2D eigenvalue weighted by molar-refractivity contribution is 5.95. The quantitative estimate of drug-likeness (QED) is 0.635. The van der Waals surface area contributed by atoms with Crippen LogP contribution >= 0.6 is 0 Å². The molecule has 0 saturated heterocycles. The van der Waals surface area contributed by atoms with Crippen molar-refractivity contribution in [3.63, 3.8) is 0 Å². The maximum atomic E-state index is 12.9. The molecule has 4 rings (SSSR count). The number of nitrogens with one attached hydrogen (secondary N) is 1. The maximum absolute atomic E-state index is 12.9. The minimum Gasteiger partial charge on any atom is -0.501 e. The molecule has 1 aliphatic rings. The average Bonchev–Trinajstić information content (AvgIpc) is 3.35. The molecule has 1 amide bonds. The first-order valence-electron chi connectivity index (χ1n) is 10.1. The summed E-state index contributed by atoms with van der Waals surface area (Å²) in [5.74, 6) is -0.131. The molecule has 1 aromatic carbocycles. The molecule has 0 atom stereocenters. The van der Waals surface area contributed by atoms with Crippen LogP contribution in [0, 0.1) is 13.8 Å². The van der Waals surface area contributed by atoms with Crippen LogP contribution in [-0.2, 0) is 13.1 Å². The summed E-state index contributed by atoms with van der Waals surface area (Å²) in [6.07, 6.45) is 1.47. The fourth-order valence-corrected chi connectivity index (χ4v) is 3.72. The molecule has 1 aliphatic heterocycles. The lowest BCUT2D eigenvalue weighted by Gasteiger charge is -2.22. The first-order chi connectivity index (χ1) is 14.8. The molecule has 0 unspecified atom stereocenters. The zero-order valence-electron chi connectivity index (χ0n) is 18.0. The van der Waals surface area contributed by atoms with E-state index >= 15 is 0 Å². The number of benzene rings is 1. The zero-order chi connectivity index (χ0) is 22.3. The Morgan fingerprint density at radius 1 is 1.26 bits per heavy atom. The second-order valence-corrected chi connectivity index (χ2v) is 7.89. The number of hydrogen-bond donors (Lipinski definition) is 2. The number of hydrogen-bond acceptors (Lipinski definition) is 7. The molecule has 162 valence electrons. The van der Waals surface area contributed by atoms with E-state index in [4.69, 9.17) is 0 Å². The monoisotopic (exact) mass is 423 g/mol. The Balaban J connectivity index is 1.63. The Bertz CT molecular complexity index is 1210. The van der Waals surface area contributed by atoms with Gasteiger partial charge in [-0.15, -0.1) is 0 Å². The number of rotatable bonds is 5. The lowest BCUT2D eigenvalue weighted by Crippen LogP contribution is -2.32. The summed E-state index contributed by atoms with van der Waals surface area (Å²) in [4.78, 5) is 35.8. The van der Waals surface area contributed by atoms with Crippen molar-refractivity contribution in [1.29, 1.82) is 0 Å². The average molecular weight is 423 g/mol. The highest BCUT2D eigenvalue weighted by atomic mass is 16.3. The van der Waals surface area contributed by atoms with Crippen LogP contribution in [-0.4, -0.2) is 47.9 Å². The molecule has 2 N–H and O–H groups in total. The van der Waals surface area contributed by atoms with Crippen LogP contribution in [0.2, 0.25) is 0 Å². The summed E-state index contributed by atoms with van der Waals surface area (Å²) in [6, 6.07) is 5.91. The number of nitrogens with zero attached hydrogens (tertiary/aromatic N) is 6. The third kappa shape index (κ3) is 3.65. The van der Waals surface area contributed by atoms with Crippen molar-refractivity contribution >= 4 is 11.9 Å². The molecule has 3 aromatic rings. The van der Waals surface area contributed by atoms with Crippen LogP contribution in [0.5, 0.6) is 5.75 Å². The number of aromatic hydroxyl groups is 1. The fraction of sp³-hybridized carbons (Fsp3) is 0.381. The molecule has 10 heteroatoms. The van der Waals surface area contributed by atoms with Crippen molar-refractivity contribution in [3.8, 4) is 11.4 Å². The van der Waals surface area contributed by atoms with E-state index in [1.807, 2.05) is 50.8 Å². The summed E-state index contributed by atoms with van der Waals surface area (Å²) in [5.41, 5.74) is 1.78. The Kier molecular flexibility index (Phi) is 5.22. The number of anilines is 1. The van der Waals surface area contributed by atoms with Gasteiger partial charge in [0.1, 0.15) is 12.2 Å². The van der Waals surface area contributed by atoms with Gasteiger partial charge in [-0.05, 0) is 44.9 Å². The Hall–Kier alpha value is -3.69. The maximum Gasteiger partial charge on any atom is 0.298 e. The van der Waals surface area contributed by atoms with Gasteiger partial charge in [-0.25, -0.2) is 14.6 Å². The van der Waals surface area contributed by atoms with Gasteiger partial charge in [0.05, 0.1) is 5.69 Å². The van der Waals surface area contributed by atoms with Crippen molar-refractivity contribution in [2.45, 2.75) is 46.8 Å². The molecule has 0 saturated carbocycles. The van der Waals surface area contributed by atoms with Crippen molar-refractivity contribution in [2.24, 2.45) is 0 Å². The van der Waals surface area contributed by atoms with Crippen molar-refractivity contribution in [3.05, 3.63) is 57.5 Å². The number of fused-ring (bicyclic) bond motifs is 1. The van der Waals surface area contributed by atoms with E-state index in [2.05, 4.69) is 20.4 Å². The van der Waals surface area contributed by atoms with Crippen LogP contribution in [0.1, 0.15) is 41.3 Å². The number of carbonyl (C=O) groups is 1. The summed E-state index contributed by atoms with van der Waals surface area (Å²) >= 11 is 0. The second kappa shape index (κ2) is 7.86. The molecule has 31 heavy (non-hydrogen) atoms. The molecular weight excluding hydrogens is 398 g/mol. The van der Waals surface area contributed by atoms with Crippen LogP contribution < -0.4 is 15.8 Å². The summed E-state index contributed by atoms with van der Waals surface area (Å²) in [6.45, 7) is 8.99. The number of amides is 1. The van der Waals surface area contributed by atoms with Crippen LogP contribution in [0.4, 0.5) is 5.95 Å². The molecule has 10 nitrogen and oxygen atoms in total. The van der Waals surface area contributed by atoms with Crippen molar-refractivity contribution in [1.82, 2.24) is 29.6 Å². The van der Waals surface area contributed by atoms with E-state index in [1.54, 1.807) is 4.68 Å². The van der Waals surface area contributed by atoms with Gasteiger partial charge in [0.25, 0.3) is 11.5 Å². The van der Waals surface area contributed by atoms with E-state index in [-0.39, 0.29) is 18.3 Å². The summed E-state index contributed by atoms with van der Waals surface area (Å²) < 4.78 is 3.10. The smallest absolute Gasteiger partial charge is 0.298 e. The normalized spacial score (nSPS) is 13.0. The molecule has 3 heterocycles. The van der Waals surface area contributed by atoms with E-state index in [0.29, 0.717) is 19.0 Å². The molecule has 0 bridgehead atoms. The Labute approximate surface area is 179 Å².